The molecule has 0 aromatic rings. The van der Waals surface area contributed by atoms with Crippen molar-refractivity contribution < 1.29 is 24.0 Å². The molecule has 2 heteroatoms. The molecule has 0 heterocycles. The van der Waals surface area contributed by atoms with Crippen molar-refractivity contribution in [2.75, 3.05) is 6.61 Å². The largest absolute Gasteiger partial charge is 1.00 e. The fourth-order valence-electron chi connectivity index (χ4n) is 0.986. The Morgan fingerprint density at radius 1 is 1.00 bits per heavy atom. The predicted octanol–water partition coefficient (Wildman–Crippen LogP) is -0.453. The number of aliphatic hydroxyl groups excluding tert-OH is 1. The summed E-state index contributed by atoms with van der Waals surface area (Å²) >= 11 is 0. The molecule has 11 heavy (non-hydrogen) atoms. The summed E-state index contributed by atoms with van der Waals surface area (Å²) in [7, 11) is 0. The molecule has 0 bridgehead atoms. The van der Waals surface area contributed by atoms with Crippen molar-refractivity contribution in [2.45, 2.75) is 44.9 Å². The molecule has 0 aliphatic carbocycles. The molecule has 1 N–H and O–H groups in total. The van der Waals surface area contributed by atoms with Crippen molar-refractivity contribution in [3.05, 3.63) is 6.92 Å². The minimum Gasteiger partial charge on any atom is -0.396 e. The van der Waals surface area contributed by atoms with Gasteiger partial charge in [-0.15, -0.1) is 0 Å². The number of hydrogen-bond donors (Lipinski definition) is 1. The van der Waals surface area contributed by atoms with Crippen molar-refractivity contribution >= 4 is 0 Å². The van der Waals surface area contributed by atoms with Gasteiger partial charge < -0.3 is 12.0 Å². The number of hydrogen-bond acceptors (Lipinski definition) is 1. The molecule has 0 saturated heterocycles. The maximum absolute atomic E-state index is 6.44. The van der Waals surface area contributed by atoms with E-state index in [9.17, 15) is 0 Å². The van der Waals surface area contributed by atoms with Crippen molar-refractivity contribution in [1.82, 2.24) is 0 Å². The van der Waals surface area contributed by atoms with Gasteiger partial charge >= 0.3 is 18.9 Å². The van der Waals surface area contributed by atoms with Crippen LogP contribution in [0.15, 0.2) is 0 Å². The number of rotatable bonds is 8. The van der Waals surface area contributed by atoms with E-state index >= 15 is 0 Å². The van der Waals surface area contributed by atoms with Gasteiger partial charge in [-0.05, 0) is 6.42 Å². The average molecular weight is 152 g/mol. The van der Waals surface area contributed by atoms with E-state index in [4.69, 9.17) is 1.43 Å². The molecule has 62 valence electrons. The van der Waals surface area contributed by atoms with Gasteiger partial charge in [-0.1, -0.05) is 32.1 Å². The minimum absolute atomic E-state index is 0. The van der Waals surface area contributed by atoms with Crippen LogP contribution < -0.4 is 18.9 Å². The molecule has 0 spiro atoms. The number of unbranched alkanes of at least 4 members (excludes halogenated alkanes) is 6. The van der Waals surface area contributed by atoms with Crippen LogP contribution in [0.2, 0.25) is 0 Å². The molecular formula is C9H19LiO. The smallest absolute Gasteiger partial charge is 0.396 e. The summed E-state index contributed by atoms with van der Waals surface area (Å²) in [6, 6.07) is 0. The number of aliphatic hydroxyl groups is 1. The van der Waals surface area contributed by atoms with Crippen LogP contribution in [0.3, 0.4) is 0 Å². The van der Waals surface area contributed by atoms with Gasteiger partial charge in [0.1, 0.15) is 0 Å². The van der Waals surface area contributed by atoms with Crippen molar-refractivity contribution in [3.8, 4) is 0 Å². The molecule has 0 aromatic heterocycles. The molecule has 1 nitrogen and oxygen atoms in total. The zero-order valence-corrected chi connectivity index (χ0v) is 7.77. The van der Waals surface area contributed by atoms with Crippen LogP contribution in [0.25, 0.3) is 0 Å². The second kappa shape index (κ2) is 13.2. The van der Waals surface area contributed by atoms with E-state index in [1.54, 1.807) is 0 Å². The Balaban J connectivity index is 0. The van der Waals surface area contributed by atoms with Crippen LogP contribution >= 0.6 is 0 Å². The van der Waals surface area contributed by atoms with Crippen molar-refractivity contribution in [3.63, 3.8) is 0 Å². The second-order valence-corrected chi connectivity index (χ2v) is 2.68. The van der Waals surface area contributed by atoms with Crippen molar-refractivity contribution in [2.24, 2.45) is 0 Å². The summed E-state index contributed by atoms with van der Waals surface area (Å²) in [5, 5.41) is 4.21. The first-order valence-electron chi connectivity index (χ1n) is 4.70. The Bertz CT molecular complexity index is 63.5. The predicted molar refractivity (Wildman–Crippen MR) is 44.8 cm³/mol. The summed E-state index contributed by atoms with van der Waals surface area (Å²) in [6.07, 6.45) is 8.47. The standard InChI is InChI=1S/C9H19O.Li/c1-2-3-4-5-6-7-8-9-10;/h10H,1-9H2;/q-1;+1/i10T;. The molecule has 0 unspecified atom stereocenters. The van der Waals surface area contributed by atoms with Gasteiger partial charge in [0.2, 0.25) is 1.43 Å². The monoisotopic (exact) mass is 152 g/mol. The van der Waals surface area contributed by atoms with Crippen LogP contribution in [-0.4, -0.2) is 13.1 Å². The second-order valence-electron chi connectivity index (χ2n) is 2.68. The van der Waals surface area contributed by atoms with E-state index in [1.807, 2.05) is 0 Å². The topological polar surface area (TPSA) is 20.2 Å². The van der Waals surface area contributed by atoms with E-state index in [1.165, 1.54) is 32.1 Å². The van der Waals surface area contributed by atoms with Gasteiger partial charge in [-0.2, -0.15) is 6.42 Å². The fourth-order valence-corrected chi connectivity index (χ4v) is 0.986. The minimum atomic E-state index is 0. The normalized spacial score (nSPS) is 10.5. The first-order valence-corrected chi connectivity index (χ1v) is 4.29. The van der Waals surface area contributed by atoms with E-state index in [-0.39, 0.29) is 18.9 Å². The van der Waals surface area contributed by atoms with E-state index < -0.39 is 0 Å². The van der Waals surface area contributed by atoms with Crippen LogP contribution in [-0.2, 0) is 0 Å². The Labute approximate surface area is 84.2 Å². The molecule has 0 aliphatic heterocycles. The Kier molecular flexibility index (Phi) is 13.8. The molecule has 0 radical (unpaired) electrons. The van der Waals surface area contributed by atoms with Crippen LogP contribution in [0.4, 0.5) is 0 Å². The Morgan fingerprint density at radius 2 is 1.55 bits per heavy atom. The van der Waals surface area contributed by atoms with Gasteiger partial charge in [-0.25, -0.2) is 0 Å². The third-order valence-corrected chi connectivity index (χ3v) is 1.64. The van der Waals surface area contributed by atoms with Gasteiger partial charge in [0.25, 0.3) is 0 Å². The molecule has 0 atom stereocenters. The zero-order valence-electron chi connectivity index (χ0n) is 8.77. The average Bonchev–Trinajstić information content (AvgIpc) is 2.03. The SMILES string of the molecule is [3H]OCCCCCCCC[CH2-].[Li+]. The molecule has 0 amide bonds. The third-order valence-electron chi connectivity index (χ3n) is 1.64. The summed E-state index contributed by atoms with van der Waals surface area (Å²) < 4.78 is 6.44. The molecule has 0 fully saturated rings. The maximum atomic E-state index is 6.44. The van der Waals surface area contributed by atoms with Crippen LogP contribution in [0.1, 0.15) is 44.9 Å². The van der Waals surface area contributed by atoms with Gasteiger partial charge in [0, 0.05) is 6.61 Å². The zero-order chi connectivity index (χ0) is 8.36. The van der Waals surface area contributed by atoms with Gasteiger partial charge in [-0.3, -0.25) is 0 Å². The van der Waals surface area contributed by atoms with Gasteiger partial charge in [0.05, 0.1) is 0 Å². The summed E-state index contributed by atoms with van der Waals surface area (Å²) in [5.74, 6) is 0. The summed E-state index contributed by atoms with van der Waals surface area (Å²) in [5.41, 5.74) is 0. The third kappa shape index (κ3) is 13.5. The Hall–Kier alpha value is 0.557. The fraction of sp³-hybridized carbons (Fsp3) is 0.889. The van der Waals surface area contributed by atoms with E-state index in [0.29, 0.717) is 6.61 Å². The molecule has 0 aliphatic rings. The molecule has 0 saturated carbocycles. The molecule has 0 aromatic carbocycles. The first kappa shape index (κ1) is 11.6. The summed E-state index contributed by atoms with van der Waals surface area (Å²) in [6.45, 7) is 4.38. The Morgan fingerprint density at radius 3 is 2.09 bits per heavy atom. The van der Waals surface area contributed by atoms with Gasteiger partial charge in [0.15, 0.2) is 0 Å². The molecular weight excluding hydrogens is 131 g/mol. The quantitative estimate of drug-likeness (QED) is 0.284. The maximum Gasteiger partial charge on any atom is 1.00 e. The molecule has 0 rings (SSSR count). The van der Waals surface area contributed by atoms with Crippen LogP contribution in [0.5, 0.6) is 0 Å². The first-order chi connectivity index (χ1) is 5.41. The van der Waals surface area contributed by atoms with E-state index in [2.05, 4.69) is 12.0 Å². The van der Waals surface area contributed by atoms with Crippen molar-refractivity contribution in [1.29, 1.82) is 1.43 Å². The van der Waals surface area contributed by atoms with Crippen LogP contribution in [0, 0.1) is 6.92 Å². The summed E-state index contributed by atoms with van der Waals surface area (Å²) in [4.78, 5) is 0. The van der Waals surface area contributed by atoms with E-state index in [0.717, 1.165) is 12.8 Å².